The Morgan fingerprint density at radius 3 is 3.00 bits per heavy atom. The Labute approximate surface area is 133 Å². The molecule has 114 valence electrons. The number of halogens is 2. The van der Waals surface area contributed by atoms with E-state index in [4.69, 9.17) is 11.6 Å². The van der Waals surface area contributed by atoms with Gasteiger partial charge in [0.15, 0.2) is 0 Å². The Hall–Kier alpha value is -1.91. The molecule has 0 saturated heterocycles. The Morgan fingerprint density at radius 2 is 2.27 bits per heavy atom. The van der Waals surface area contributed by atoms with Crippen LogP contribution in [0.25, 0.3) is 11.4 Å². The summed E-state index contributed by atoms with van der Waals surface area (Å²) in [7, 11) is 0. The van der Waals surface area contributed by atoms with Crippen LogP contribution in [0, 0.1) is 12.7 Å². The number of hydrogen-bond acceptors (Lipinski definition) is 2. The van der Waals surface area contributed by atoms with Crippen molar-refractivity contribution in [1.29, 1.82) is 0 Å². The maximum atomic E-state index is 13.7. The third kappa shape index (κ3) is 2.85. The van der Waals surface area contributed by atoms with Crippen LogP contribution in [0.1, 0.15) is 12.1 Å². The first-order chi connectivity index (χ1) is 10.6. The highest BCUT2D eigenvalue weighted by Gasteiger charge is 2.17. The lowest BCUT2D eigenvalue weighted by molar-refractivity contribution is 0.206. The lowest BCUT2D eigenvalue weighted by atomic mass is 10.0. The molecule has 1 atom stereocenters. The Morgan fingerprint density at radius 1 is 1.45 bits per heavy atom. The summed E-state index contributed by atoms with van der Waals surface area (Å²) in [6.45, 7) is 2.46. The van der Waals surface area contributed by atoms with E-state index in [0.717, 1.165) is 11.3 Å². The van der Waals surface area contributed by atoms with Crippen molar-refractivity contribution in [3.63, 3.8) is 0 Å². The first-order valence-electron chi connectivity index (χ1n) is 7.07. The van der Waals surface area contributed by atoms with E-state index in [1.165, 1.54) is 12.1 Å². The maximum absolute atomic E-state index is 13.7. The zero-order valence-electron chi connectivity index (χ0n) is 12.1. The number of allylic oxidation sites excluding steroid dienone is 2. The Kier molecular flexibility index (Phi) is 4.14. The standard InChI is InChI=1S/C17H16ClFN2O/c1-11-9-20-17(12-6-7-14(18)15(19)8-12)21(11)10-13-4-2-3-5-16(13)22/h2-4,6-9,16,22H,5,10H2,1H3. The highest BCUT2D eigenvalue weighted by atomic mass is 35.5. The molecular formula is C17H16ClFN2O. The van der Waals surface area contributed by atoms with E-state index >= 15 is 0 Å². The fourth-order valence-corrected chi connectivity index (χ4v) is 2.65. The van der Waals surface area contributed by atoms with Gasteiger partial charge in [-0.1, -0.05) is 29.8 Å². The fourth-order valence-electron chi connectivity index (χ4n) is 2.53. The normalized spacial score (nSPS) is 17.6. The van der Waals surface area contributed by atoms with E-state index in [1.807, 2.05) is 29.7 Å². The molecule has 2 aromatic rings. The van der Waals surface area contributed by atoms with Crippen LogP contribution in [0.4, 0.5) is 4.39 Å². The summed E-state index contributed by atoms with van der Waals surface area (Å²) in [6.07, 6.45) is 7.67. The van der Waals surface area contributed by atoms with Gasteiger partial charge in [0, 0.05) is 24.0 Å². The molecule has 1 unspecified atom stereocenters. The van der Waals surface area contributed by atoms with Crippen LogP contribution in [0.5, 0.6) is 0 Å². The predicted octanol–water partition coefficient (Wildman–Crippen LogP) is 3.90. The van der Waals surface area contributed by atoms with Crippen LogP contribution < -0.4 is 0 Å². The molecular weight excluding hydrogens is 303 g/mol. The number of aliphatic hydroxyl groups excluding tert-OH is 1. The zero-order chi connectivity index (χ0) is 15.7. The van der Waals surface area contributed by atoms with Gasteiger partial charge in [0.1, 0.15) is 11.6 Å². The van der Waals surface area contributed by atoms with Crippen LogP contribution in [0.3, 0.4) is 0 Å². The van der Waals surface area contributed by atoms with Gasteiger partial charge in [0.2, 0.25) is 0 Å². The number of benzene rings is 1. The fraction of sp³-hybridized carbons (Fsp3) is 0.235. The van der Waals surface area contributed by atoms with Crippen molar-refractivity contribution in [1.82, 2.24) is 9.55 Å². The van der Waals surface area contributed by atoms with Gasteiger partial charge in [-0.3, -0.25) is 0 Å². The third-order valence-corrected chi connectivity index (χ3v) is 4.11. The van der Waals surface area contributed by atoms with Gasteiger partial charge in [-0.2, -0.15) is 0 Å². The van der Waals surface area contributed by atoms with E-state index in [9.17, 15) is 9.50 Å². The minimum Gasteiger partial charge on any atom is -0.388 e. The first-order valence-corrected chi connectivity index (χ1v) is 7.45. The lowest BCUT2D eigenvalue weighted by Crippen LogP contribution is -2.17. The molecule has 0 radical (unpaired) electrons. The predicted molar refractivity (Wildman–Crippen MR) is 85.2 cm³/mol. The van der Waals surface area contributed by atoms with Crippen molar-refractivity contribution in [2.45, 2.75) is 26.0 Å². The number of aliphatic hydroxyl groups is 1. The molecule has 1 aromatic heterocycles. The molecule has 1 aliphatic carbocycles. The summed E-state index contributed by atoms with van der Waals surface area (Å²) in [5.41, 5.74) is 2.53. The molecule has 0 spiro atoms. The minimum absolute atomic E-state index is 0.0918. The van der Waals surface area contributed by atoms with Crippen molar-refractivity contribution in [2.75, 3.05) is 0 Å². The van der Waals surface area contributed by atoms with Crippen LogP contribution in [-0.2, 0) is 6.54 Å². The van der Waals surface area contributed by atoms with Crippen LogP contribution in [-0.4, -0.2) is 20.8 Å². The van der Waals surface area contributed by atoms with Crippen molar-refractivity contribution < 1.29 is 9.50 Å². The second-order valence-corrected chi connectivity index (χ2v) is 5.77. The molecule has 0 fully saturated rings. The second-order valence-electron chi connectivity index (χ2n) is 5.36. The van der Waals surface area contributed by atoms with Gasteiger partial charge < -0.3 is 9.67 Å². The Balaban J connectivity index is 1.99. The summed E-state index contributed by atoms with van der Waals surface area (Å²) in [5, 5.41) is 10.2. The molecule has 3 rings (SSSR count). The molecule has 0 saturated carbocycles. The lowest BCUT2D eigenvalue weighted by Gasteiger charge is -2.19. The Bertz CT molecular complexity index is 764. The highest BCUT2D eigenvalue weighted by Crippen LogP contribution is 2.26. The number of hydrogen-bond donors (Lipinski definition) is 1. The smallest absolute Gasteiger partial charge is 0.142 e. The molecule has 22 heavy (non-hydrogen) atoms. The zero-order valence-corrected chi connectivity index (χ0v) is 12.9. The van der Waals surface area contributed by atoms with Gasteiger partial charge >= 0.3 is 0 Å². The van der Waals surface area contributed by atoms with E-state index in [-0.39, 0.29) is 5.02 Å². The number of aryl methyl sites for hydroxylation is 1. The van der Waals surface area contributed by atoms with Crippen molar-refractivity contribution in [2.24, 2.45) is 0 Å². The molecule has 0 bridgehead atoms. The first kappa shape index (κ1) is 15.0. The second kappa shape index (κ2) is 6.07. The van der Waals surface area contributed by atoms with E-state index < -0.39 is 11.9 Å². The molecule has 1 aromatic carbocycles. The number of nitrogens with zero attached hydrogens (tertiary/aromatic N) is 2. The summed E-state index contributed by atoms with van der Waals surface area (Å²) >= 11 is 5.74. The average molecular weight is 319 g/mol. The van der Waals surface area contributed by atoms with E-state index in [1.54, 1.807) is 12.3 Å². The average Bonchev–Trinajstić information content (AvgIpc) is 2.86. The molecule has 3 nitrogen and oxygen atoms in total. The van der Waals surface area contributed by atoms with Gasteiger partial charge in [0.05, 0.1) is 11.1 Å². The van der Waals surface area contributed by atoms with Gasteiger partial charge in [0.25, 0.3) is 0 Å². The SMILES string of the molecule is Cc1cnc(-c2ccc(Cl)c(F)c2)n1CC1=CC=CCC1O. The molecule has 1 heterocycles. The summed E-state index contributed by atoms with van der Waals surface area (Å²) in [5.74, 6) is 0.196. The highest BCUT2D eigenvalue weighted by molar-refractivity contribution is 6.30. The van der Waals surface area contributed by atoms with Gasteiger partial charge in [-0.15, -0.1) is 0 Å². The van der Waals surface area contributed by atoms with Crippen LogP contribution in [0.2, 0.25) is 5.02 Å². The molecule has 5 heteroatoms. The molecule has 1 N–H and O–H groups in total. The van der Waals surface area contributed by atoms with Gasteiger partial charge in [-0.25, -0.2) is 9.37 Å². The topological polar surface area (TPSA) is 38.0 Å². The van der Waals surface area contributed by atoms with E-state index in [2.05, 4.69) is 4.98 Å². The monoisotopic (exact) mass is 318 g/mol. The third-order valence-electron chi connectivity index (χ3n) is 3.81. The number of aromatic nitrogens is 2. The summed E-state index contributed by atoms with van der Waals surface area (Å²) < 4.78 is 15.7. The summed E-state index contributed by atoms with van der Waals surface area (Å²) in [6, 6.07) is 4.65. The molecule has 1 aliphatic rings. The van der Waals surface area contributed by atoms with Crippen molar-refractivity contribution in [3.05, 3.63) is 64.7 Å². The molecule has 0 aliphatic heterocycles. The largest absolute Gasteiger partial charge is 0.388 e. The molecule has 0 amide bonds. The minimum atomic E-state index is -0.485. The quantitative estimate of drug-likeness (QED) is 0.932. The van der Waals surface area contributed by atoms with Gasteiger partial charge in [-0.05, 0) is 37.1 Å². The van der Waals surface area contributed by atoms with Crippen LogP contribution >= 0.6 is 11.6 Å². The van der Waals surface area contributed by atoms with Crippen molar-refractivity contribution >= 4 is 11.6 Å². The number of imidazole rings is 1. The maximum Gasteiger partial charge on any atom is 0.142 e. The number of rotatable bonds is 3. The summed E-state index contributed by atoms with van der Waals surface area (Å²) in [4.78, 5) is 4.37. The van der Waals surface area contributed by atoms with Crippen LogP contribution in [0.15, 0.2) is 48.2 Å². The van der Waals surface area contributed by atoms with E-state index in [0.29, 0.717) is 24.4 Å². The van der Waals surface area contributed by atoms with Crippen molar-refractivity contribution in [3.8, 4) is 11.4 Å².